The van der Waals surface area contributed by atoms with Gasteiger partial charge in [-0.15, -0.1) is 0 Å². The van der Waals surface area contributed by atoms with Crippen molar-refractivity contribution < 1.29 is 9.15 Å². The van der Waals surface area contributed by atoms with Crippen LogP contribution in [0, 0.1) is 0 Å². The van der Waals surface area contributed by atoms with E-state index in [9.17, 15) is 0 Å². The predicted molar refractivity (Wildman–Crippen MR) is 73.0 cm³/mol. The Hall–Kier alpha value is -1.90. The van der Waals surface area contributed by atoms with Gasteiger partial charge in [0.1, 0.15) is 11.5 Å². The highest BCUT2D eigenvalue weighted by atomic mass is 16.5. The summed E-state index contributed by atoms with van der Waals surface area (Å²) in [5.41, 5.74) is 1.00. The maximum Gasteiger partial charge on any atom is 0.142 e. The summed E-state index contributed by atoms with van der Waals surface area (Å²) in [5.74, 6) is 1.83. The molecule has 0 aliphatic carbocycles. The van der Waals surface area contributed by atoms with E-state index in [-0.39, 0.29) is 6.04 Å². The Bertz CT molecular complexity index is 465. The highest BCUT2D eigenvalue weighted by Crippen LogP contribution is 2.29. The van der Waals surface area contributed by atoms with Gasteiger partial charge in [-0.05, 0) is 37.6 Å². The molecule has 3 nitrogen and oxygen atoms in total. The molecule has 1 heterocycles. The number of hydrogen-bond donors (Lipinski definition) is 1. The zero-order valence-electron chi connectivity index (χ0n) is 10.8. The van der Waals surface area contributed by atoms with Gasteiger partial charge in [0.05, 0.1) is 24.6 Å². The van der Waals surface area contributed by atoms with Crippen LogP contribution in [0.5, 0.6) is 5.75 Å². The molecule has 1 aromatic carbocycles. The number of para-hydroxylation sites is 2. The molecular weight excluding hydrogens is 226 g/mol. The van der Waals surface area contributed by atoms with Crippen LogP contribution < -0.4 is 10.1 Å². The highest BCUT2D eigenvalue weighted by Gasteiger charge is 2.13. The lowest BCUT2D eigenvalue weighted by atomic mass is 10.1. The molecule has 0 saturated heterocycles. The lowest BCUT2D eigenvalue weighted by Gasteiger charge is -2.18. The van der Waals surface area contributed by atoms with E-state index in [0.717, 1.165) is 23.6 Å². The van der Waals surface area contributed by atoms with E-state index in [0.29, 0.717) is 6.61 Å². The lowest BCUT2D eigenvalue weighted by molar-refractivity contribution is 0.341. The molecule has 96 valence electrons. The zero-order valence-corrected chi connectivity index (χ0v) is 10.8. The fraction of sp³-hybridized carbons (Fsp3) is 0.333. The molecule has 0 bridgehead atoms. The monoisotopic (exact) mass is 245 g/mol. The van der Waals surface area contributed by atoms with Gasteiger partial charge in [-0.1, -0.05) is 19.1 Å². The Morgan fingerprint density at radius 2 is 2.00 bits per heavy atom. The normalized spacial score (nSPS) is 12.1. The lowest BCUT2D eigenvalue weighted by Crippen LogP contribution is -2.10. The summed E-state index contributed by atoms with van der Waals surface area (Å²) in [4.78, 5) is 0. The summed E-state index contributed by atoms with van der Waals surface area (Å²) in [7, 11) is 0. The standard InChI is InChI=1S/C15H19NO2/c1-3-12(14-10-7-11-18-14)16-13-8-5-6-9-15(13)17-4-2/h5-12,16H,3-4H2,1-2H3. The number of anilines is 1. The summed E-state index contributed by atoms with van der Waals surface area (Å²) in [6.45, 7) is 4.78. The van der Waals surface area contributed by atoms with Crippen molar-refractivity contribution in [2.45, 2.75) is 26.3 Å². The number of ether oxygens (including phenoxy) is 1. The fourth-order valence-corrected chi connectivity index (χ4v) is 1.92. The van der Waals surface area contributed by atoms with Crippen molar-refractivity contribution in [1.82, 2.24) is 0 Å². The number of hydrogen-bond acceptors (Lipinski definition) is 3. The minimum Gasteiger partial charge on any atom is -0.492 e. The molecule has 1 atom stereocenters. The number of nitrogens with one attached hydrogen (secondary N) is 1. The Kier molecular flexibility index (Phi) is 4.29. The van der Waals surface area contributed by atoms with Gasteiger partial charge in [0.25, 0.3) is 0 Å². The fourth-order valence-electron chi connectivity index (χ4n) is 1.92. The average molecular weight is 245 g/mol. The zero-order chi connectivity index (χ0) is 12.8. The molecule has 1 unspecified atom stereocenters. The molecule has 0 radical (unpaired) electrons. The predicted octanol–water partition coefficient (Wildman–Crippen LogP) is 4.24. The average Bonchev–Trinajstić information content (AvgIpc) is 2.92. The topological polar surface area (TPSA) is 34.4 Å². The summed E-state index contributed by atoms with van der Waals surface area (Å²) in [5, 5.41) is 3.47. The molecule has 3 heteroatoms. The van der Waals surface area contributed by atoms with E-state index in [1.807, 2.05) is 43.3 Å². The molecule has 2 rings (SSSR count). The first-order valence-electron chi connectivity index (χ1n) is 6.37. The largest absolute Gasteiger partial charge is 0.492 e. The molecular formula is C15H19NO2. The van der Waals surface area contributed by atoms with Crippen LogP contribution in [0.15, 0.2) is 47.1 Å². The van der Waals surface area contributed by atoms with E-state index in [1.54, 1.807) is 6.26 Å². The SMILES string of the molecule is CCOc1ccccc1NC(CC)c1ccco1. The van der Waals surface area contributed by atoms with E-state index in [4.69, 9.17) is 9.15 Å². The van der Waals surface area contributed by atoms with Crippen LogP contribution in [0.2, 0.25) is 0 Å². The van der Waals surface area contributed by atoms with Crippen molar-refractivity contribution in [3.05, 3.63) is 48.4 Å². The van der Waals surface area contributed by atoms with Crippen LogP contribution in [0.1, 0.15) is 32.1 Å². The van der Waals surface area contributed by atoms with Gasteiger partial charge in [-0.2, -0.15) is 0 Å². The van der Waals surface area contributed by atoms with Crippen LogP contribution >= 0.6 is 0 Å². The Labute approximate surface area is 108 Å². The van der Waals surface area contributed by atoms with Gasteiger partial charge in [0.15, 0.2) is 0 Å². The molecule has 0 aliphatic heterocycles. The molecule has 1 aromatic heterocycles. The van der Waals surface area contributed by atoms with Crippen molar-refractivity contribution in [3.63, 3.8) is 0 Å². The minimum absolute atomic E-state index is 0.168. The third kappa shape index (κ3) is 2.86. The number of furan rings is 1. The van der Waals surface area contributed by atoms with Crippen LogP contribution in [0.3, 0.4) is 0 Å². The van der Waals surface area contributed by atoms with Gasteiger partial charge in [0.2, 0.25) is 0 Å². The van der Waals surface area contributed by atoms with Crippen molar-refractivity contribution in [3.8, 4) is 5.75 Å². The van der Waals surface area contributed by atoms with Crippen LogP contribution in [0.4, 0.5) is 5.69 Å². The maximum absolute atomic E-state index is 5.61. The second kappa shape index (κ2) is 6.15. The van der Waals surface area contributed by atoms with Gasteiger partial charge < -0.3 is 14.5 Å². The summed E-state index contributed by atoms with van der Waals surface area (Å²) in [6.07, 6.45) is 2.65. The quantitative estimate of drug-likeness (QED) is 0.826. The second-order valence-electron chi connectivity index (χ2n) is 4.05. The van der Waals surface area contributed by atoms with Gasteiger partial charge in [-0.25, -0.2) is 0 Å². The van der Waals surface area contributed by atoms with Gasteiger partial charge >= 0.3 is 0 Å². The number of benzene rings is 1. The van der Waals surface area contributed by atoms with Crippen molar-refractivity contribution in [1.29, 1.82) is 0 Å². The first-order chi connectivity index (χ1) is 8.85. The van der Waals surface area contributed by atoms with Crippen molar-refractivity contribution in [2.75, 3.05) is 11.9 Å². The van der Waals surface area contributed by atoms with Gasteiger partial charge in [0, 0.05) is 0 Å². The van der Waals surface area contributed by atoms with Crippen LogP contribution in [-0.4, -0.2) is 6.61 Å². The second-order valence-corrected chi connectivity index (χ2v) is 4.05. The molecule has 0 amide bonds. The molecule has 1 N–H and O–H groups in total. The smallest absolute Gasteiger partial charge is 0.142 e. The Morgan fingerprint density at radius 3 is 2.67 bits per heavy atom. The molecule has 0 fully saturated rings. The third-order valence-electron chi connectivity index (χ3n) is 2.81. The first-order valence-corrected chi connectivity index (χ1v) is 6.37. The molecule has 18 heavy (non-hydrogen) atoms. The van der Waals surface area contributed by atoms with E-state index >= 15 is 0 Å². The minimum atomic E-state index is 0.168. The third-order valence-corrected chi connectivity index (χ3v) is 2.81. The maximum atomic E-state index is 5.61. The highest BCUT2D eigenvalue weighted by molar-refractivity contribution is 5.57. The van der Waals surface area contributed by atoms with Crippen molar-refractivity contribution >= 4 is 5.69 Å². The van der Waals surface area contributed by atoms with Crippen LogP contribution in [0.25, 0.3) is 0 Å². The molecule has 0 saturated carbocycles. The summed E-state index contributed by atoms with van der Waals surface area (Å²) >= 11 is 0. The summed E-state index contributed by atoms with van der Waals surface area (Å²) < 4.78 is 11.1. The van der Waals surface area contributed by atoms with E-state index < -0.39 is 0 Å². The Morgan fingerprint density at radius 1 is 1.17 bits per heavy atom. The molecule has 2 aromatic rings. The number of rotatable bonds is 6. The van der Waals surface area contributed by atoms with Crippen molar-refractivity contribution in [2.24, 2.45) is 0 Å². The Balaban J connectivity index is 2.17. The molecule has 0 aliphatic rings. The van der Waals surface area contributed by atoms with E-state index in [2.05, 4.69) is 12.2 Å². The van der Waals surface area contributed by atoms with Crippen LogP contribution in [-0.2, 0) is 0 Å². The first kappa shape index (κ1) is 12.6. The van der Waals surface area contributed by atoms with E-state index in [1.165, 1.54) is 0 Å². The van der Waals surface area contributed by atoms with Gasteiger partial charge in [-0.3, -0.25) is 0 Å². The molecule has 0 spiro atoms. The summed E-state index contributed by atoms with van der Waals surface area (Å²) in [6, 6.07) is 12.0.